The van der Waals surface area contributed by atoms with Gasteiger partial charge in [0.1, 0.15) is 12.4 Å². The molecule has 0 radical (unpaired) electrons. The van der Waals surface area contributed by atoms with Gasteiger partial charge in [0.05, 0.1) is 0 Å². The molecule has 1 aromatic carbocycles. The molecular weight excluding hydrogens is 373 g/mol. The van der Waals surface area contributed by atoms with Crippen LogP contribution in [-0.2, 0) is 6.54 Å². The number of rotatable bonds is 7. The van der Waals surface area contributed by atoms with Crippen LogP contribution in [0.3, 0.4) is 0 Å². The number of pyridine rings is 1. The first-order valence-corrected chi connectivity index (χ1v) is 9.43. The highest BCUT2D eigenvalue weighted by Crippen LogP contribution is 2.08. The van der Waals surface area contributed by atoms with Crippen LogP contribution in [0.5, 0.6) is 0 Å². The van der Waals surface area contributed by atoms with Gasteiger partial charge in [0, 0.05) is 31.4 Å². The molecule has 152 valence electrons. The van der Waals surface area contributed by atoms with Crippen molar-refractivity contribution in [2.24, 2.45) is 4.99 Å². The van der Waals surface area contributed by atoms with Gasteiger partial charge in [-0.15, -0.1) is 10.2 Å². The van der Waals surface area contributed by atoms with E-state index in [2.05, 4.69) is 31.1 Å². The van der Waals surface area contributed by atoms with Gasteiger partial charge in [0.2, 0.25) is 0 Å². The maximum Gasteiger partial charge on any atom is 0.251 e. The summed E-state index contributed by atoms with van der Waals surface area (Å²) in [5.41, 5.74) is 1.58. The number of guanidine groups is 1. The van der Waals surface area contributed by atoms with Crippen LogP contribution in [0.4, 0.5) is 4.39 Å². The molecule has 2 aromatic heterocycles. The summed E-state index contributed by atoms with van der Waals surface area (Å²) in [6.07, 6.45) is 1.89. The monoisotopic (exact) mass is 397 g/mol. The normalized spacial score (nSPS) is 11.5. The average Bonchev–Trinajstić information content (AvgIpc) is 3.14. The van der Waals surface area contributed by atoms with E-state index in [4.69, 9.17) is 0 Å². The van der Waals surface area contributed by atoms with Gasteiger partial charge in [0.25, 0.3) is 5.91 Å². The SMILES string of the molecule is CCNC(=NCc1nnc2ccccn12)NCCNC(=O)c1ccc(C)c(F)c1. The van der Waals surface area contributed by atoms with Crippen LogP contribution in [0, 0.1) is 12.7 Å². The zero-order chi connectivity index (χ0) is 20.6. The Morgan fingerprint density at radius 2 is 1.97 bits per heavy atom. The second-order valence-electron chi connectivity index (χ2n) is 6.39. The van der Waals surface area contributed by atoms with E-state index in [0.717, 1.165) is 11.5 Å². The van der Waals surface area contributed by atoms with Crippen LogP contribution >= 0.6 is 0 Å². The summed E-state index contributed by atoms with van der Waals surface area (Å²) in [5.74, 6) is 0.629. The molecule has 1 amide bonds. The van der Waals surface area contributed by atoms with E-state index in [-0.39, 0.29) is 5.91 Å². The molecule has 9 heteroatoms. The summed E-state index contributed by atoms with van der Waals surface area (Å²) in [6.45, 7) is 5.51. The lowest BCUT2D eigenvalue weighted by Gasteiger charge is -2.12. The highest BCUT2D eigenvalue weighted by atomic mass is 19.1. The average molecular weight is 397 g/mol. The van der Waals surface area contributed by atoms with E-state index in [1.54, 1.807) is 19.1 Å². The Kier molecular flexibility index (Phi) is 6.72. The summed E-state index contributed by atoms with van der Waals surface area (Å²) in [4.78, 5) is 16.6. The van der Waals surface area contributed by atoms with Gasteiger partial charge in [-0.3, -0.25) is 9.20 Å². The third kappa shape index (κ3) is 5.28. The molecule has 3 rings (SSSR count). The summed E-state index contributed by atoms with van der Waals surface area (Å²) in [7, 11) is 0. The predicted octanol–water partition coefficient (Wildman–Crippen LogP) is 1.66. The Balaban J connectivity index is 1.52. The molecule has 29 heavy (non-hydrogen) atoms. The van der Waals surface area contributed by atoms with Crippen molar-refractivity contribution in [2.45, 2.75) is 20.4 Å². The van der Waals surface area contributed by atoms with Crippen molar-refractivity contribution >= 4 is 17.5 Å². The number of halogens is 1. The zero-order valence-corrected chi connectivity index (χ0v) is 16.4. The number of benzene rings is 1. The number of aliphatic imine (C=N–C) groups is 1. The molecule has 0 aliphatic carbocycles. The maximum absolute atomic E-state index is 13.6. The molecule has 0 unspecified atom stereocenters. The lowest BCUT2D eigenvalue weighted by Crippen LogP contribution is -2.41. The summed E-state index contributed by atoms with van der Waals surface area (Å²) < 4.78 is 15.5. The number of nitrogens with one attached hydrogen (secondary N) is 3. The van der Waals surface area contributed by atoms with Gasteiger partial charge < -0.3 is 16.0 Å². The molecule has 0 bridgehead atoms. The van der Waals surface area contributed by atoms with Crippen LogP contribution < -0.4 is 16.0 Å². The lowest BCUT2D eigenvalue weighted by atomic mass is 10.1. The fourth-order valence-electron chi connectivity index (χ4n) is 2.68. The number of aromatic nitrogens is 3. The van der Waals surface area contributed by atoms with E-state index < -0.39 is 5.82 Å². The van der Waals surface area contributed by atoms with Crippen molar-refractivity contribution in [3.05, 3.63) is 65.4 Å². The first kappa shape index (κ1) is 20.2. The molecule has 0 fully saturated rings. The van der Waals surface area contributed by atoms with Gasteiger partial charge in [-0.1, -0.05) is 12.1 Å². The van der Waals surface area contributed by atoms with E-state index in [1.165, 1.54) is 6.07 Å². The molecule has 8 nitrogen and oxygen atoms in total. The Morgan fingerprint density at radius 3 is 2.76 bits per heavy atom. The Bertz CT molecular complexity index is 1010. The summed E-state index contributed by atoms with van der Waals surface area (Å²) in [5, 5.41) is 17.3. The number of carbonyl (C=O) groups excluding carboxylic acids is 1. The standard InChI is InChI=1S/C20H24FN7O/c1-3-22-20(25-13-18-27-26-17-6-4-5-11-28(17)18)24-10-9-23-19(29)15-8-7-14(2)16(21)12-15/h4-8,11-12H,3,9-10,13H2,1-2H3,(H,23,29)(H2,22,24,25). The number of hydrogen-bond acceptors (Lipinski definition) is 4. The van der Waals surface area contributed by atoms with Crippen molar-refractivity contribution in [3.63, 3.8) is 0 Å². The minimum Gasteiger partial charge on any atom is -0.357 e. The quantitative estimate of drug-likeness (QED) is 0.320. The minimum atomic E-state index is -0.390. The van der Waals surface area contributed by atoms with Gasteiger partial charge >= 0.3 is 0 Å². The van der Waals surface area contributed by atoms with Gasteiger partial charge in [-0.05, 0) is 43.7 Å². The second-order valence-corrected chi connectivity index (χ2v) is 6.39. The van der Waals surface area contributed by atoms with Crippen molar-refractivity contribution in [2.75, 3.05) is 19.6 Å². The van der Waals surface area contributed by atoms with Crippen molar-refractivity contribution < 1.29 is 9.18 Å². The number of amides is 1. The van der Waals surface area contributed by atoms with E-state index in [9.17, 15) is 9.18 Å². The zero-order valence-electron chi connectivity index (χ0n) is 16.4. The fraction of sp³-hybridized carbons (Fsp3) is 0.300. The molecule has 3 aromatic rings. The lowest BCUT2D eigenvalue weighted by molar-refractivity contribution is 0.0954. The maximum atomic E-state index is 13.6. The fourth-order valence-corrected chi connectivity index (χ4v) is 2.68. The Labute approximate surface area is 168 Å². The molecule has 0 aliphatic rings. The molecule has 0 aliphatic heterocycles. The largest absolute Gasteiger partial charge is 0.357 e. The third-order valence-corrected chi connectivity index (χ3v) is 4.24. The topological polar surface area (TPSA) is 95.7 Å². The van der Waals surface area contributed by atoms with Gasteiger partial charge in [-0.2, -0.15) is 0 Å². The molecule has 0 saturated carbocycles. The number of carbonyl (C=O) groups is 1. The molecular formula is C20H24FN7O. The van der Waals surface area contributed by atoms with Crippen LogP contribution in [0.25, 0.3) is 5.65 Å². The first-order valence-electron chi connectivity index (χ1n) is 9.43. The van der Waals surface area contributed by atoms with E-state index >= 15 is 0 Å². The molecule has 3 N–H and O–H groups in total. The summed E-state index contributed by atoms with van der Waals surface area (Å²) >= 11 is 0. The Morgan fingerprint density at radius 1 is 1.14 bits per heavy atom. The van der Waals surface area contributed by atoms with Gasteiger partial charge in [-0.25, -0.2) is 9.38 Å². The molecule has 2 heterocycles. The molecule has 0 saturated heterocycles. The highest BCUT2D eigenvalue weighted by molar-refractivity contribution is 5.94. The second kappa shape index (κ2) is 9.63. The van der Waals surface area contributed by atoms with Crippen LogP contribution in [0.15, 0.2) is 47.6 Å². The number of aryl methyl sites for hydroxylation is 1. The highest BCUT2D eigenvalue weighted by Gasteiger charge is 2.08. The third-order valence-electron chi connectivity index (χ3n) is 4.24. The first-order chi connectivity index (χ1) is 14.1. The number of nitrogens with zero attached hydrogens (tertiary/aromatic N) is 4. The number of hydrogen-bond donors (Lipinski definition) is 3. The summed E-state index contributed by atoms with van der Waals surface area (Å²) in [6, 6.07) is 10.1. The van der Waals surface area contributed by atoms with Crippen LogP contribution in [-0.4, -0.2) is 46.1 Å². The van der Waals surface area contributed by atoms with Gasteiger partial charge in [0.15, 0.2) is 17.4 Å². The van der Waals surface area contributed by atoms with Crippen molar-refractivity contribution in [3.8, 4) is 0 Å². The van der Waals surface area contributed by atoms with E-state index in [1.807, 2.05) is 35.7 Å². The smallest absolute Gasteiger partial charge is 0.251 e. The van der Waals surface area contributed by atoms with Crippen molar-refractivity contribution in [1.29, 1.82) is 0 Å². The number of fused-ring (bicyclic) bond motifs is 1. The molecule has 0 spiro atoms. The molecule has 0 atom stereocenters. The van der Waals surface area contributed by atoms with Crippen LogP contribution in [0.2, 0.25) is 0 Å². The Hall–Kier alpha value is -3.49. The van der Waals surface area contributed by atoms with E-state index in [0.29, 0.717) is 43.3 Å². The predicted molar refractivity (Wildman–Crippen MR) is 109 cm³/mol. The van der Waals surface area contributed by atoms with Crippen molar-refractivity contribution in [1.82, 2.24) is 30.5 Å². The minimum absolute atomic E-state index is 0.298. The van der Waals surface area contributed by atoms with Crippen LogP contribution in [0.1, 0.15) is 28.7 Å².